The molecule has 0 amide bonds. The Balaban J connectivity index is 1.97. The summed E-state index contributed by atoms with van der Waals surface area (Å²) in [4.78, 5) is 11.4. The molecule has 0 aliphatic rings. The monoisotopic (exact) mass is 267 g/mol. The lowest BCUT2D eigenvalue weighted by Crippen LogP contribution is -2.07. The molecule has 0 fully saturated rings. The Bertz CT molecular complexity index is 330. The van der Waals surface area contributed by atoms with Crippen LogP contribution in [0, 0.1) is 0 Å². The molecular formula is C14H21NO2S. The number of ketones is 1. The number of hydrogen-bond donors (Lipinski definition) is 1. The minimum atomic E-state index is 0.289. The van der Waals surface area contributed by atoms with Crippen LogP contribution in [0.1, 0.15) is 18.4 Å². The van der Waals surface area contributed by atoms with Crippen molar-refractivity contribution in [2.45, 2.75) is 19.4 Å². The molecule has 0 saturated carbocycles. The highest BCUT2D eigenvalue weighted by atomic mass is 32.2. The maximum atomic E-state index is 11.4. The van der Waals surface area contributed by atoms with Crippen LogP contribution >= 0.6 is 11.8 Å². The summed E-state index contributed by atoms with van der Waals surface area (Å²) in [5.74, 6) is 1.73. The molecule has 0 heterocycles. The Morgan fingerprint density at radius 2 is 2.06 bits per heavy atom. The maximum absolute atomic E-state index is 11.4. The van der Waals surface area contributed by atoms with E-state index in [-0.39, 0.29) is 5.78 Å². The summed E-state index contributed by atoms with van der Waals surface area (Å²) in [6.07, 6.45) is 1.40. The highest BCUT2D eigenvalue weighted by Crippen LogP contribution is 2.04. The number of thioether (sulfide) groups is 1. The van der Waals surface area contributed by atoms with Gasteiger partial charge in [0.1, 0.15) is 5.78 Å². The predicted molar refractivity (Wildman–Crippen MR) is 76.7 cm³/mol. The topological polar surface area (TPSA) is 52.3 Å². The van der Waals surface area contributed by atoms with E-state index in [1.165, 1.54) is 5.56 Å². The van der Waals surface area contributed by atoms with Crippen molar-refractivity contribution in [1.82, 2.24) is 0 Å². The quantitative estimate of drug-likeness (QED) is 0.661. The summed E-state index contributed by atoms with van der Waals surface area (Å²) in [5.41, 5.74) is 6.53. The Morgan fingerprint density at radius 3 is 2.78 bits per heavy atom. The van der Waals surface area contributed by atoms with E-state index in [2.05, 4.69) is 0 Å². The number of ether oxygens (including phenoxy) is 1. The molecule has 0 radical (unpaired) electrons. The highest BCUT2D eigenvalue weighted by molar-refractivity contribution is 7.99. The van der Waals surface area contributed by atoms with E-state index in [9.17, 15) is 4.79 Å². The molecule has 100 valence electrons. The molecule has 1 aromatic carbocycles. The lowest BCUT2D eigenvalue weighted by molar-refractivity contribution is -0.116. The van der Waals surface area contributed by atoms with E-state index in [4.69, 9.17) is 10.5 Å². The van der Waals surface area contributed by atoms with E-state index >= 15 is 0 Å². The third-order valence-corrected chi connectivity index (χ3v) is 3.43. The van der Waals surface area contributed by atoms with Gasteiger partial charge >= 0.3 is 0 Å². The fourth-order valence-electron chi connectivity index (χ4n) is 1.48. The van der Waals surface area contributed by atoms with Gasteiger partial charge in [0, 0.05) is 25.3 Å². The second-order valence-electron chi connectivity index (χ2n) is 4.02. The summed E-state index contributed by atoms with van der Waals surface area (Å²) in [7, 11) is 0. The van der Waals surface area contributed by atoms with Crippen molar-refractivity contribution < 1.29 is 9.53 Å². The van der Waals surface area contributed by atoms with Crippen LogP contribution in [0.3, 0.4) is 0 Å². The van der Waals surface area contributed by atoms with E-state index in [1.54, 1.807) is 11.8 Å². The van der Waals surface area contributed by atoms with Crippen LogP contribution in [0.4, 0.5) is 0 Å². The van der Waals surface area contributed by atoms with E-state index < -0.39 is 0 Å². The SMILES string of the molecule is NCCSCC(=O)CCCOCc1ccccc1. The van der Waals surface area contributed by atoms with Crippen LogP contribution in [-0.4, -0.2) is 30.4 Å². The standard InChI is InChI=1S/C14H21NO2S/c15-8-10-18-12-14(16)7-4-9-17-11-13-5-2-1-3-6-13/h1-3,5-6H,4,7-12,15H2. The Kier molecular flexibility index (Phi) is 8.55. The first-order valence-electron chi connectivity index (χ1n) is 6.24. The molecule has 1 aromatic rings. The third-order valence-electron chi connectivity index (χ3n) is 2.38. The molecule has 2 N–H and O–H groups in total. The predicted octanol–water partition coefficient (Wildman–Crippen LogP) is 2.24. The van der Waals surface area contributed by atoms with Gasteiger partial charge in [-0.15, -0.1) is 0 Å². The van der Waals surface area contributed by atoms with Crippen LogP contribution in [0.2, 0.25) is 0 Å². The van der Waals surface area contributed by atoms with Crippen molar-refractivity contribution in [3.63, 3.8) is 0 Å². The van der Waals surface area contributed by atoms with E-state index in [1.807, 2.05) is 30.3 Å². The average molecular weight is 267 g/mol. The molecule has 0 bridgehead atoms. The second-order valence-corrected chi connectivity index (χ2v) is 5.13. The summed E-state index contributed by atoms with van der Waals surface area (Å²) in [6.45, 7) is 1.90. The van der Waals surface area contributed by atoms with E-state index in [0.717, 1.165) is 12.2 Å². The van der Waals surface area contributed by atoms with Gasteiger partial charge in [-0.3, -0.25) is 4.79 Å². The zero-order valence-electron chi connectivity index (χ0n) is 10.6. The first kappa shape index (κ1) is 15.2. The molecule has 4 heteroatoms. The molecule has 0 saturated heterocycles. The first-order valence-corrected chi connectivity index (χ1v) is 7.39. The Labute approximate surface area is 113 Å². The molecule has 0 spiro atoms. The first-order chi connectivity index (χ1) is 8.83. The number of Topliss-reactive ketones (excluding diaryl/α,β-unsaturated/α-hetero) is 1. The third kappa shape index (κ3) is 7.48. The number of nitrogens with two attached hydrogens (primary N) is 1. The maximum Gasteiger partial charge on any atom is 0.142 e. The second kappa shape index (κ2) is 10.1. The molecule has 18 heavy (non-hydrogen) atoms. The molecule has 1 rings (SSSR count). The number of hydrogen-bond acceptors (Lipinski definition) is 4. The van der Waals surface area contributed by atoms with Gasteiger partial charge in [0.15, 0.2) is 0 Å². The van der Waals surface area contributed by atoms with Gasteiger partial charge in [0.25, 0.3) is 0 Å². The lowest BCUT2D eigenvalue weighted by atomic mass is 10.2. The van der Waals surface area contributed by atoms with Gasteiger partial charge in [0.05, 0.1) is 12.4 Å². The van der Waals surface area contributed by atoms with Gasteiger partial charge < -0.3 is 10.5 Å². The van der Waals surface area contributed by atoms with Gasteiger partial charge in [-0.05, 0) is 12.0 Å². The molecule has 0 atom stereocenters. The summed E-state index contributed by atoms with van der Waals surface area (Å²) in [6, 6.07) is 10.1. The van der Waals surface area contributed by atoms with Crippen molar-refractivity contribution in [2.24, 2.45) is 5.73 Å². The van der Waals surface area contributed by atoms with Crippen LogP contribution in [0.15, 0.2) is 30.3 Å². The zero-order chi connectivity index (χ0) is 13.1. The van der Waals surface area contributed by atoms with Crippen molar-refractivity contribution >= 4 is 17.5 Å². The van der Waals surface area contributed by atoms with Crippen LogP contribution < -0.4 is 5.73 Å². The summed E-state index contributed by atoms with van der Waals surface area (Å²) < 4.78 is 5.52. The molecule has 0 aromatic heterocycles. The lowest BCUT2D eigenvalue weighted by Gasteiger charge is -2.04. The molecule has 0 aliphatic carbocycles. The number of benzene rings is 1. The summed E-state index contributed by atoms with van der Waals surface area (Å²) in [5, 5.41) is 0. The largest absolute Gasteiger partial charge is 0.377 e. The van der Waals surface area contributed by atoms with Gasteiger partial charge in [-0.2, -0.15) is 11.8 Å². The summed E-state index contributed by atoms with van der Waals surface area (Å²) >= 11 is 1.61. The average Bonchev–Trinajstić information content (AvgIpc) is 2.40. The Morgan fingerprint density at radius 1 is 1.28 bits per heavy atom. The molecular weight excluding hydrogens is 246 g/mol. The van der Waals surface area contributed by atoms with Crippen molar-refractivity contribution in [3.8, 4) is 0 Å². The van der Waals surface area contributed by atoms with Crippen LogP contribution in [-0.2, 0) is 16.1 Å². The van der Waals surface area contributed by atoms with Crippen molar-refractivity contribution in [1.29, 1.82) is 0 Å². The van der Waals surface area contributed by atoms with Crippen LogP contribution in [0.5, 0.6) is 0 Å². The van der Waals surface area contributed by atoms with Crippen LogP contribution in [0.25, 0.3) is 0 Å². The van der Waals surface area contributed by atoms with E-state index in [0.29, 0.717) is 31.9 Å². The Hall–Kier alpha value is -0.840. The van der Waals surface area contributed by atoms with Gasteiger partial charge in [0.2, 0.25) is 0 Å². The fraction of sp³-hybridized carbons (Fsp3) is 0.500. The highest BCUT2D eigenvalue weighted by Gasteiger charge is 2.01. The minimum Gasteiger partial charge on any atom is -0.377 e. The zero-order valence-corrected chi connectivity index (χ0v) is 11.5. The van der Waals surface area contributed by atoms with Crippen molar-refractivity contribution in [2.75, 3.05) is 24.7 Å². The molecule has 3 nitrogen and oxygen atoms in total. The molecule has 0 unspecified atom stereocenters. The smallest absolute Gasteiger partial charge is 0.142 e. The fourth-order valence-corrected chi connectivity index (χ4v) is 2.16. The number of rotatable bonds is 10. The number of carbonyl (C=O) groups excluding carboxylic acids is 1. The van der Waals surface area contributed by atoms with Gasteiger partial charge in [-0.1, -0.05) is 30.3 Å². The molecule has 0 aliphatic heterocycles. The normalized spacial score (nSPS) is 10.5. The van der Waals surface area contributed by atoms with Crippen molar-refractivity contribution in [3.05, 3.63) is 35.9 Å². The minimum absolute atomic E-state index is 0.289. The van der Waals surface area contributed by atoms with Gasteiger partial charge in [-0.25, -0.2) is 0 Å². The number of carbonyl (C=O) groups is 1.